The Morgan fingerprint density at radius 2 is 1.79 bits per heavy atom. The van der Waals surface area contributed by atoms with Crippen molar-refractivity contribution in [2.24, 2.45) is 11.8 Å². The lowest BCUT2D eigenvalue weighted by Crippen LogP contribution is -2.51. The molecule has 1 amide bonds. The van der Waals surface area contributed by atoms with E-state index in [1.807, 2.05) is 6.07 Å². The van der Waals surface area contributed by atoms with Gasteiger partial charge in [-0.15, -0.1) is 11.3 Å². The molecule has 2 aromatic rings. The quantitative estimate of drug-likeness (QED) is 0.589. The first-order chi connectivity index (χ1) is 13.9. The molecule has 1 aliphatic rings. The van der Waals surface area contributed by atoms with Crippen LogP contribution in [0.2, 0.25) is 0 Å². The molecule has 0 spiro atoms. The second-order valence-electron chi connectivity index (χ2n) is 7.64. The summed E-state index contributed by atoms with van der Waals surface area (Å²) < 4.78 is 28.8. The Morgan fingerprint density at radius 1 is 1.10 bits per heavy atom. The number of aliphatic hydroxyl groups excluding tert-OH is 1. The number of sulfonamides is 1. The molecule has 0 unspecified atom stereocenters. The number of rotatable bonds is 8. The van der Waals surface area contributed by atoms with Gasteiger partial charge < -0.3 is 10.4 Å². The first-order valence-corrected chi connectivity index (χ1v) is 12.3. The lowest BCUT2D eigenvalue weighted by molar-refractivity contribution is -0.127. The zero-order valence-corrected chi connectivity index (χ0v) is 18.1. The van der Waals surface area contributed by atoms with Crippen molar-refractivity contribution in [3.8, 4) is 0 Å². The molecular formula is C21H28N2O4S2. The van der Waals surface area contributed by atoms with Crippen LogP contribution in [0.1, 0.15) is 39.0 Å². The molecule has 29 heavy (non-hydrogen) atoms. The van der Waals surface area contributed by atoms with Crippen LogP contribution in [0.3, 0.4) is 0 Å². The zero-order chi connectivity index (χ0) is 20.9. The van der Waals surface area contributed by atoms with Gasteiger partial charge in [-0.2, -0.15) is 0 Å². The first kappa shape index (κ1) is 22.0. The van der Waals surface area contributed by atoms with E-state index < -0.39 is 34.0 Å². The third-order valence-corrected chi connectivity index (χ3v) is 8.44. The predicted molar refractivity (Wildman–Crippen MR) is 115 cm³/mol. The molecule has 1 fully saturated rings. The summed E-state index contributed by atoms with van der Waals surface area (Å²) >= 11 is 1.15. The summed E-state index contributed by atoms with van der Waals surface area (Å²) in [7, 11) is -3.70. The largest absolute Gasteiger partial charge is 0.383 e. The Morgan fingerprint density at radius 3 is 2.41 bits per heavy atom. The lowest BCUT2D eigenvalue weighted by atomic mass is 9.78. The number of thiophene rings is 1. The van der Waals surface area contributed by atoms with E-state index in [0.29, 0.717) is 5.69 Å². The molecule has 1 aliphatic carbocycles. The van der Waals surface area contributed by atoms with Crippen molar-refractivity contribution >= 4 is 33.0 Å². The molecule has 1 aromatic carbocycles. The fourth-order valence-corrected chi connectivity index (χ4v) is 6.36. The average molecular weight is 437 g/mol. The molecule has 1 saturated carbocycles. The molecule has 0 bridgehead atoms. The van der Waals surface area contributed by atoms with Crippen LogP contribution >= 0.6 is 11.3 Å². The monoisotopic (exact) mass is 436 g/mol. The van der Waals surface area contributed by atoms with Crippen LogP contribution in [0, 0.1) is 11.8 Å². The number of carbonyl (C=O) groups is 1. The summed E-state index contributed by atoms with van der Waals surface area (Å²) in [5.41, 5.74) is 0.595. The van der Waals surface area contributed by atoms with E-state index in [1.54, 1.807) is 48.7 Å². The Hall–Kier alpha value is -1.74. The van der Waals surface area contributed by atoms with Crippen LogP contribution in [-0.4, -0.2) is 31.6 Å². The minimum atomic E-state index is -3.70. The number of hydrogen-bond donors (Lipinski definition) is 3. The van der Waals surface area contributed by atoms with E-state index in [4.69, 9.17) is 0 Å². The molecule has 3 N–H and O–H groups in total. The molecule has 3 atom stereocenters. The van der Waals surface area contributed by atoms with Gasteiger partial charge in [-0.1, -0.05) is 50.5 Å². The van der Waals surface area contributed by atoms with E-state index in [9.17, 15) is 18.3 Å². The van der Waals surface area contributed by atoms with Gasteiger partial charge in [-0.05, 0) is 42.3 Å². The van der Waals surface area contributed by atoms with Gasteiger partial charge in [0.05, 0.1) is 0 Å². The minimum Gasteiger partial charge on any atom is -0.383 e. The van der Waals surface area contributed by atoms with Crippen molar-refractivity contribution in [1.82, 2.24) is 4.72 Å². The van der Waals surface area contributed by atoms with Crippen molar-refractivity contribution in [2.75, 3.05) is 5.32 Å². The van der Waals surface area contributed by atoms with Crippen LogP contribution in [-0.2, 0) is 14.8 Å². The third-order valence-electron chi connectivity index (χ3n) is 5.58. The fraction of sp³-hybridized carbons (Fsp3) is 0.476. The Balaban J connectivity index is 1.77. The summed E-state index contributed by atoms with van der Waals surface area (Å²) in [4.78, 5) is 12.6. The second kappa shape index (κ2) is 9.84. The Bertz CT molecular complexity index is 879. The molecule has 0 saturated heterocycles. The van der Waals surface area contributed by atoms with Crippen molar-refractivity contribution in [3.63, 3.8) is 0 Å². The smallest absolute Gasteiger partial charge is 0.253 e. The molecule has 1 aromatic heterocycles. The van der Waals surface area contributed by atoms with Crippen molar-refractivity contribution in [3.05, 3.63) is 47.8 Å². The average Bonchev–Trinajstić information content (AvgIpc) is 3.28. The normalized spacial score (nSPS) is 18.7. The fourth-order valence-electron chi connectivity index (χ4n) is 3.95. The number of aliphatic hydroxyl groups is 1. The number of benzene rings is 1. The molecule has 8 heteroatoms. The minimum absolute atomic E-state index is 0.0904. The number of carbonyl (C=O) groups excluding carboxylic acids is 1. The van der Waals surface area contributed by atoms with Crippen molar-refractivity contribution in [2.45, 2.75) is 55.4 Å². The predicted octanol–water partition coefficient (Wildman–Crippen LogP) is 3.61. The van der Waals surface area contributed by atoms with Crippen LogP contribution < -0.4 is 10.0 Å². The summed E-state index contributed by atoms with van der Waals surface area (Å²) in [6.45, 7) is 1.74. The molecule has 1 heterocycles. The van der Waals surface area contributed by atoms with Gasteiger partial charge in [0.2, 0.25) is 10.0 Å². The third kappa shape index (κ3) is 5.66. The summed E-state index contributed by atoms with van der Waals surface area (Å²) in [5.74, 6) is -1.01. The van der Waals surface area contributed by atoms with Crippen LogP contribution in [0.25, 0.3) is 0 Å². The van der Waals surface area contributed by atoms with E-state index in [1.165, 1.54) is 0 Å². The van der Waals surface area contributed by atoms with Gasteiger partial charge in [0.25, 0.3) is 5.91 Å². The van der Waals surface area contributed by atoms with Crippen LogP contribution in [0.15, 0.2) is 52.1 Å². The first-order valence-electron chi connectivity index (χ1n) is 9.98. The lowest BCUT2D eigenvalue weighted by Gasteiger charge is -2.36. The number of nitrogens with one attached hydrogen (secondary N) is 2. The van der Waals surface area contributed by atoms with Gasteiger partial charge in [-0.25, -0.2) is 13.1 Å². The zero-order valence-electron chi connectivity index (χ0n) is 16.5. The molecular weight excluding hydrogens is 408 g/mol. The van der Waals surface area contributed by atoms with E-state index in [-0.39, 0.29) is 10.1 Å². The maximum absolute atomic E-state index is 12.9. The summed E-state index contributed by atoms with van der Waals surface area (Å²) in [6, 6.07) is 11.7. The summed E-state index contributed by atoms with van der Waals surface area (Å²) in [6.07, 6.45) is 3.63. The topological polar surface area (TPSA) is 95.5 Å². The van der Waals surface area contributed by atoms with Gasteiger partial charge in [0.1, 0.15) is 10.3 Å². The van der Waals surface area contributed by atoms with Gasteiger partial charge >= 0.3 is 0 Å². The van der Waals surface area contributed by atoms with Gasteiger partial charge in [0, 0.05) is 17.6 Å². The highest BCUT2D eigenvalue weighted by Crippen LogP contribution is 2.32. The summed E-state index contributed by atoms with van der Waals surface area (Å²) in [5, 5.41) is 15.2. The maximum Gasteiger partial charge on any atom is 0.253 e. The Kier molecular flexibility index (Phi) is 7.45. The van der Waals surface area contributed by atoms with Gasteiger partial charge in [-0.3, -0.25) is 4.79 Å². The number of para-hydroxylation sites is 1. The molecule has 3 rings (SSSR count). The van der Waals surface area contributed by atoms with Crippen LogP contribution in [0.5, 0.6) is 0 Å². The number of hydrogen-bond acceptors (Lipinski definition) is 5. The standard InChI is InChI=1S/C21H28N2O4S2/c1-15(20(24)21(25)22-17-11-6-3-7-12-17)19(16-9-4-2-5-10-16)23-29(26,27)18-13-8-14-28-18/h3,6-8,11-16,19-20,23-24H,2,4-5,9-10H2,1H3,(H,22,25)/t15-,19+,20-/m0/s1. The van der Waals surface area contributed by atoms with E-state index in [0.717, 1.165) is 43.4 Å². The highest BCUT2D eigenvalue weighted by molar-refractivity contribution is 7.91. The van der Waals surface area contributed by atoms with Crippen molar-refractivity contribution < 1.29 is 18.3 Å². The molecule has 6 nitrogen and oxygen atoms in total. The van der Waals surface area contributed by atoms with Crippen molar-refractivity contribution in [1.29, 1.82) is 0 Å². The SMILES string of the molecule is C[C@H]([C@H](O)C(=O)Nc1ccccc1)[C@@H](NS(=O)(=O)c1cccs1)C1CCCCC1. The second-order valence-corrected chi connectivity index (χ2v) is 10.5. The van der Waals surface area contributed by atoms with Gasteiger partial charge in [0.15, 0.2) is 0 Å². The highest BCUT2D eigenvalue weighted by Gasteiger charge is 2.37. The van der Waals surface area contributed by atoms with E-state index in [2.05, 4.69) is 10.0 Å². The van der Waals surface area contributed by atoms with Crippen LogP contribution in [0.4, 0.5) is 5.69 Å². The number of amides is 1. The van der Waals surface area contributed by atoms with E-state index >= 15 is 0 Å². The highest BCUT2D eigenvalue weighted by atomic mass is 32.2. The molecule has 158 valence electrons. The molecule has 0 aliphatic heterocycles. The Labute approximate surface area is 176 Å². The maximum atomic E-state index is 12.9. The number of anilines is 1. The molecule has 0 radical (unpaired) electrons.